The first-order valence-corrected chi connectivity index (χ1v) is 5.23. The molecule has 1 radical (unpaired) electrons. The van der Waals surface area contributed by atoms with Crippen molar-refractivity contribution in [3.8, 4) is 0 Å². The van der Waals surface area contributed by atoms with E-state index in [0.717, 1.165) is 11.8 Å². The van der Waals surface area contributed by atoms with E-state index in [4.69, 9.17) is 0 Å². The van der Waals surface area contributed by atoms with Gasteiger partial charge in [0.05, 0.1) is 6.61 Å². The first-order valence-electron chi connectivity index (χ1n) is 5.23. The predicted octanol–water partition coefficient (Wildman–Crippen LogP) is 1.59. The lowest BCUT2D eigenvalue weighted by atomic mass is 9.98. The summed E-state index contributed by atoms with van der Waals surface area (Å²) in [7, 11) is 0. The Labute approximate surface area is 74.4 Å². The number of fused-ring (bicyclic) bond motifs is 1. The Morgan fingerprint density at radius 1 is 1.17 bits per heavy atom. The second kappa shape index (κ2) is 3.75. The van der Waals surface area contributed by atoms with Gasteiger partial charge < -0.3 is 5.32 Å². The summed E-state index contributed by atoms with van der Waals surface area (Å²) in [6.07, 6.45) is 6.99. The number of hydrogen-bond acceptors (Lipinski definition) is 1. The summed E-state index contributed by atoms with van der Waals surface area (Å²) in [6, 6.07) is 0.687. The molecule has 0 aromatic rings. The molecule has 12 heavy (non-hydrogen) atoms. The van der Waals surface area contributed by atoms with E-state index < -0.39 is 0 Å². The van der Waals surface area contributed by atoms with E-state index in [-0.39, 0.29) is 6.61 Å². The van der Waals surface area contributed by atoms with Gasteiger partial charge >= 0.3 is 0 Å². The lowest BCUT2D eigenvalue weighted by Crippen LogP contribution is -2.34. The Hall–Kier alpha value is -0.0800. The molecule has 69 valence electrons. The van der Waals surface area contributed by atoms with E-state index in [1.807, 2.05) is 0 Å². The average molecular weight is 168 g/mol. The van der Waals surface area contributed by atoms with Crippen LogP contribution < -0.4 is 5.32 Å². The van der Waals surface area contributed by atoms with Crippen molar-refractivity contribution in [2.24, 2.45) is 11.8 Å². The summed E-state index contributed by atoms with van der Waals surface area (Å²) in [5, 5.41) is 13.7. The Bertz CT molecular complexity index is 149. The molecule has 0 heterocycles. The van der Waals surface area contributed by atoms with Crippen molar-refractivity contribution in [2.75, 3.05) is 13.2 Å². The van der Waals surface area contributed by atoms with Crippen LogP contribution >= 0.6 is 0 Å². The van der Waals surface area contributed by atoms with Crippen molar-refractivity contribution in [3.05, 3.63) is 0 Å². The Morgan fingerprint density at radius 3 is 2.92 bits per heavy atom. The van der Waals surface area contributed by atoms with E-state index in [1.54, 1.807) is 0 Å². The molecule has 2 fully saturated rings. The highest BCUT2D eigenvalue weighted by Crippen LogP contribution is 2.43. The van der Waals surface area contributed by atoms with Crippen LogP contribution in [0.3, 0.4) is 0 Å². The van der Waals surface area contributed by atoms with Crippen molar-refractivity contribution < 1.29 is 5.11 Å². The van der Waals surface area contributed by atoms with E-state index >= 15 is 0 Å². The number of nitrogens with one attached hydrogen (secondary N) is 1. The summed E-state index contributed by atoms with van der Waals surface area (Å²) < 4.78 is 0. The molecule has 0 amide bonds. The molecule has 3 unspecified atom stereocenters. The third-order valence-corrected chi connectivity index (χ3v) is 3.59. The van der Waals surface area contributed by atoms with Crippen LogP contribution in [0.15, 0.2) is 0 Å². The molecule has 2 aliphatic rings. The fraction of sp³-hybridized carbons (Fsp3) is 1.00. The SMILES string of the molecule is [O]CCNC1CCC2CCCC21. The van der Waals surface area contributed by atoms with Gasteiger partial charge in [-0.1, -0.05) is 12.8 Å². The molecular formula is C10H18NO. The highest BCUT2D eigenvalue weighted by molar-refractivity contribution is 4.92. The van der Waals surface area contributed by atoms with Gasteiger partial charge in [-0.3, -0.25) is 0 Å². The van der Waals surface area contributed by atoms with Crippen molar-refractivity contribution in [1.82, 2.24) is 5.32 Å². The van der Waals surface area contributed by atoms with Gasteiger partial charge in [-0.05, 0) is 31.1 Å². The lowest BCUT2D eigenvalue weighted by Gasteiger charge is -2.18. The van der Waals surface area contributed by atoms with Crippen LogP contribution in [0.4, 0.5) is 0 Å². The molecule has 2 saturated carbocycles. The highest BCUT2D eigenvalue weighted by atomic mass is 16.3. The van der Waals surface area contributed by atoms with Crippen LogP contribution in [-0.4, -0.2) is 19.2 Å². The molecule has 0 aliphatic heterocycles. The van der Waals surface area contributed by atoms with Crippen LogP contribution in [0.25, 0.3) is 0 Å². The fourth-order valence-electron chi connectivity index (χ4n) is 3.06. The smallest absolute Gasteiger partial charge is 0.0946 e. The van der Waals surface area contributed by atoms with Gasteiger partial charge in [0.25, 0.3) is 0 Å². The standard InChI is InChI=1S/C10H18NO/c12-7-6-11-10-5-4-8-2-1-3-9(8)10/h8-11H,1-7H2. The zero-order chi connectivity index (χ0) is 8.39. The zero-order valence-corrected chi connectivity index (χ0v) is 7.59. The normalized spacial score (nSPS) is 40.2. The molecule has 2 rings (SSSR count). The van der Waals surface area contributed by atoms with E-state index in [0.29, 0.717) is 12.6 Å². The summed E-state index contributed by atoms with van der Waals surface area (Å²) in [5.74, 6) is 1.91. The Kier molecular flexibility index (Phi) is 2.66. The number of hydrogen-bond donors (Lipinski definition) is 1. The van der Waals surface area contributed by atoms with Gasteiger partial charge in [0, 0.05) is 12.6 Å². The lowest BCUT2D eigenvalue weighted by molar-refractivity contribution is 0.186. The molecule has 0 spiro atoms. The summed E-state index contributed by atoms with van der Waals surface area (Å²) in [6.45, 7) is 0.710. The maximum Gasteiger partial charge on any atom is 0.0946 e. The largest absolute Gasteiger partial charge is 0.311 e. The second-order valence-electron chi connectivity index (χ2n) is 4.20. The molecule has 2 nitrogen and oxygen atoms in total. The van der Waals surface area contributed by atoms with E-state index in [1.165, 1.54) is 32.1 Å². The molecular weight excluding hydrogens is 150 g/mol. The van der Waals surface area contributed by atoms with Gasteiger partial charge in [0.15, 0.2) is 0 Å². The monoisotopic (exact) mass is 168 g/mol. The third-order valence-electron chi connectivity index (χ3n) is 3.59. The predicted molar refractivity (Wildman–Crippen MR) is 47.4 cm³/mol. The van der Waals surface area contributed by atoms with E-state index in [2.05, 4.69) is 5.32 Å². The van der Waals surface area contributed by atoms with Gasteiger partial charge in [-0.2, -0.15) is 0 Å². The molecule has 1 N–H and O–H groups in total. The van der Waals surface area contributed by atoms with Crippen molar-refractivity contribution >= 4 is 0 Å². The van der Waals surface area contributed by atoms with Crippen molar-refractivity contribution in [2.45, 2.75) is 38.1 Å². The van der Waals surface area contributed by atoms with Gasteiger partial charge in [0.1, 0.15) is 0 Å². The fourth-order valence-corrected chi connectivity index (χ4v) is 3.06. The maximum absolute atomic E-state index is 10.3. The zero-order valence-electron chi connectivity index (χ0n) is 7.59. The van der Waals surface area contributed by atoms with Crippen LogP contribution in [0, 0.1) is 11.8 Å². The third kappa shape index (κ3) is 1.50. The molecule has 0 bridgehead atoms. The van der Waals surface area contributed by atoms with Gasteiger partial charge in [-0.25, -0.2) is 5.11 Å². The minimum Gasteiger partial charge on any atom is -0.311 e. The van der Waals surface area contributed by atoms with Crippen LogP contribution in [0.1, 0.15) is 32.1 Å². The minimum absolute atomic E-state index is 0.0356. The van der Waals surface area contributed by atoms with Crippen LogP contribution in [0.5, 0.6) is 0 Å². The van der Waals surface area contributed by atoms with Crippen LogP contribution in [0.2, 0.25) is 0 Å². The molecule has 0 aromatic heterocycles. The first-order chi connectivity index (χ1) is 5.92. The number of rotatable bonds is 3. The molecule has 0 saturated heterocycles. The summed E-state index contributed by atoms with van der Waals surface area (Å²) in [5.41, 5.74) is 0. The maximum atomic E-state index is 10.3. The molecule has 2 heteroatoms. The summed E-state index contributed by atoms with van der Waals surface area (Å²) >= 11 is 0. The highest BCUT2D eigenvalue weighted by Gasteiger charge is 2.38. The van der Waals surface area contributed by atoms with Gasteiger partial charge in [0.2, 0.25) is 0 Å². The summed E-state index contributed by atoms with van der Waals surface area (Å²) in [4.78, 5) is 0. The molecule has 0 aromatic carbocycles. The van der Waals surface area contributed by atoms with Crippen molar-refractivity contribution in [3.63, 3.8) is 0 Å². The average Bonchev–Trinajstić information content (AvgIpc) is 2.62. The Morgan fingerprint density at radius 2 is 2.08 bits per heavy atom. The molecule has 2 aliphatic carbocycles. The van der Waals surface area contributed by atoms with E-state index in [9.17, 15) is 5.11 Å². The van der Waals surface area contributed by atoms with Gasteiger partial charge in [-0.15, -0.1) is 0 Å². The van der Waals surface area contributed by atoms with Crippen LogP contribution in [-0.2, 0) is 5.11 Å². The quantitative estimate of drug-likeness (QED) is 0.681. The second-order valence-corrected chi connectivity index (χ2v) is 4.20. The minimum atomic E-state index is 0.0356. The topological polar surface area (TPSA) is 31.9 Å². The first kappa shape index (κ1) is 8.52. The Balaban J connectivity index is 1.83. The molecule has 3 atom stereocenters. The van der Waals surface area contributed by atoms with Crippen molar-refractivity contribution in [1.29, 1.82) is 0 Å².